The van der Waals surface area contributed by atoms with Gasteiger partial charge in [-0.2, -0.15) is 0 Å². The molecule has 0 amide bonds. The first-order valence-corrected chi connectivity index (χ1v) is 14.5. The van der Waals surface area contributed by atoms with Crippen LogP contribution in [-0.2, 0) is 9.47 Å². The fourth-order valence-electron chi connectivity index (χ4n) is 10.5. The van der Waals surface area contributed by atoms with E-state index in [2.05, 4.69) is 34.6 Å². The van der Waals surface area contributed by atoms with E-state index in [4.69, 9.17) is 9.47 Å². The van der Waals surface area contributed by atoms with Crippen LogP contribution in [0.4, 0.5) is 0 Å². The number of fused-ring (bicyclic) bond motifs is 5. The molecule has 4 saturated carbocycles. The molecule has 0 aromatic heterocycles. The molecule has 33 heavy (non-hydrogen) atoms. The number of ether oxygens (including phenoxy) is 2. The number of rotatable bonds is 5. The summed E-state index contributed by atoms with van der Waals surface area (Å²) in [6.45, 7) is 15.8. The minimum Gasteiger partial charge on any atom is -0.385 e. The van der Waals surface area contributed by atoms with Crippen molar-refractivity contribution in [3.8, 4) is 0 Å². The maximum absolute atomic E-state index is 11.6. The molecule has 1 spiro atoms. The van der Waals surface area contributed by atoms with Gasteiger partial charge in [-0.1, -0.05) is 53.9 Å². The van der Waals surface area contributed by atoms with Crippen molar-refractivity contribution < 1.29 is 14.6 Å². The van der Waals surface area contributed by atoms with E-state index in [9.17, 15) is 5.11 Å². The van der Waals surface area contributed by atoms with Gasteiger partial charge >= 0.3 is 0 Å². The molecule has 1 aliphatic heterocycles. The third-order valence-corrected chi connectivity index (χ3v) is 12.1. The Bertz CT molecular complexity index is 709. The summed E-state index contributed by atoms with van der Waals surface area (Å²) in [5.41, 5.74) is -0.131. The maximum Gasteiger partial charge on any atom is 0.197 e. The van der Waals surface area contributed by atoms with Crippen LogP contribution >= 0.6 is 0 Å². The second-order valence-electron chi connectivity index (χ2n) is 14.3. The fourth-order valence-corrected chi connectivity index (χ4v) is 10.5. The van der Waals surface area contributed by atoms with E-state index in [1.807, 2.05) is 6.92 Å². The Balaban J connectivity index is 1.33. The first-order valence-electron chi connectivity index (χ1n) is 14.5. The molecule has 3 nitrogen and oxygen atoms in total. The maximum atomic E-state index is 11.6. The molecule has 3 heteroatoms. The van der Waals surface area contributed by atoms with Gasteiger partial charge in [0.15, 0.2) is 5.79 Å². The molecule has 1 N–H and O–H groups in total. The van der Waals surface area contributed by atoms with Gasteiger partial charge in [0.2, 0.25) is 0 Å². The van der Waals surface area contributed by atoms with Crippen LogP contribution in [0.2, 0.25) is 0 Å². The van der Waals surface area contributed by atoms with Crippen LogP contribution < -0.4 is 0 Å². The summed E-state index contributed by atoms with van der Waals surface area (Å²) in [5, 5.41) is 11.6. The van der Waals surface area contributed by atoms with Gasteiger partial charge in [0, 0.05) is 6.42 Å². The molecule has 0 aromatic carbocycles. The van der Waals surface area contributed by atoms with Crippen molar-refractivity contribution >= 4 is 0 Å². The first-order chi connectivity index (χ1) is 15.5. The second kappa shape index (κ2) is 8.48. The summed E-state index contributed by atoms with van der Waals surface area (Å²) in [4.78, 5) is 0. The zero-order valence-corrected chi connectivity index (χ0v) is 22.5. The fraction of sp³-hybridized carbons (Fsp3) is 1.00. The lowest BCUT2D eigenvalue weighted by molar-refractivity contribution is -0.318. The zero-order valence-electron chi connectivity index (χ0n) is 22.5. The van der Waals surface area contributed by atoms with Crippen LogP contribution in [0.25, 0.3) is 0 Å². The van der Waals surface area contributed by atoms with Crippen LogP contribution in [0.5, 0.6) is 0 Å². The molecule has 5 fully saturated rings. The molecule has 190 valence electrons. The summed E-state index contributed by atoms with van der Waals surface area (Å²) >= 11 is 0. The van der Waals surface area contributed by atoms with Crippen LogP contribution in [0.1, 0.15) is 112 Å². The summed E-state index contributed by atoms with van der Waals surface area (Å²) < 4.78 is 12.3. The van der Waals surface area contributed by atoms with Gasteiger partial charge in [-0.15, -0.1) is 0 Å². The van der Waals surface area contributed by atoms with Crippen molar-refractivity contribution in [2.75, 3.05) is 13.2 Å². The van der Waals surface area contributed by atoms with Crippen molar-refractivity contribution in [1.82, 2.24) is 0 Å². The quantitative estimate of drug-likeness (QED) is 0.471. The first kappa shape index (κ1) is 24.6. The van der Waals surface area contributed by atoms with Crippen LogP contribution in [0.15, 0.2) is 0 Å². The highest BCUT2D eigenvalue weighted by molar-refractivity contribution is 5.14. The van der Waals surface area contributed by atoms with Gasteiger partial charge in [0.1, 0.15) is 5.60 Å². The Morgan fingerprint density at radius 2 is 1.55 bits per heavy atom. The molecule has 4 aliphatic carbocycles. The Morgan fingerprint density at radius 1 is 0.848 bits per heavy atom. The van der Waals surface area contributed by atoms with Crippen LogP contribution in [-0.4, -0.2) is 29.7 Å². The summed E-state index contributed by atoms with van der Waals surface area (Å²) in [5.74, 6) is 5.00. The van der Waals surface area contributed by atoms with Crippen molar-refractivity contribution in [2.45, 2.75) is 124 Å². The molecule has 5 aliphatic rings. The van der Waals surface area contributed by atoms with Crippen molar-refractivity contribution in [3.63, 3.8) is 0 Å². The highest BCUT2D eigenvalue weighted by Gasteiger charge is 2.67. The molecule has 1 heterocycles. The van der Waals surface area contributed by atoms with E-state index in [1.54, 1.807) is 0 Å². The predicted molar refractivity (Wildman–Crippen MR) is 134 cm³/mol. The van der Waals surface area contributed by atoms with Gasteiger partial charge in [-0.25, -0.2) is 0 Å². The molecule has 0 bridgehead atoms. The third-order valence-electron chi connectivity index (χ3n) is 12.1. The Kier molecular flexibility index (Phi) is 6.31. The highest BCUT2D eigenvalue weighted by Crippen LogP contribution is 2.70. The van der Waals surface area contributed by atoms with Gasteiger partial charge in [0.25, 0.3) is 0 Å². The van der Waals surface area contributed by atoms with Gasteiger partial charge < -0.3 is 14.6 Å². The van der Waals surface area contributed by atoms with Crippen molar-refractivity contribution in [2.24, 2.45) is 52.3 Å². The highest BCUT2D eigenvalue weighted by atomic mass is 16.7. The molecule has 0 unspecified atom stereocenters. The Hall–Kier alpha value is -0.120. The Labute approximate surface area is 203 Å². The van der Waals surface area contributed by atoms with E-state index in [-0.39, 0.29) is 5.41 Å². The van der Waals surface area contributed by atoms with Crippen molar-refractivity contribution in [1.29, 1.82) is 0 Å². The lowest BCUT2D eigenvalue weighted by atomic mass is 9.43. The number of hydrogen-bond donors (Lipinski definition) is 1. The van der Waals surface area contributed by atoms with Crippen molar-refractivity contribution in [3.05, 3.63) is 0 Å². The standard InChI is InChI=1S/C30H52O3/c1-20(2)8-7-9-21(3)24-12-13-25-23-11-10-22-18-30(32-16-17-33-30)29(6,31)19-28(22,5)26(23)14-15-27(24,25)4/h20-26,31H,7-19H2,1-6H3/t21-,22+,23+,24-,25+,26+,27-,28+,29-/m1/s1. The van der Waals surface area contributed by atoms with E-state index >= 15 is 0 Å². The largest absolute Gasteiger partial charge is 0.385 e. The predicted octanol–water partition coefficient (Wildman–Crippen LogP) is 7.21. The summed E-state index contributed by atoms with van der Waals surface area (Å²) in [6, 6.07) is 0. The monoisotopic (exact) mass is 460 g/mol. The van der Waals surface area contributed by atoms with Gasteiger partial charge in [-0.05, 0) is 104 Å². The topological polar surface area (TPSA) is 38.7 Å². The normalized spacial score (nSPS) is 49.6. The van der Waals surface area contributed by atoms with Gasteiger partial charge in [0.05, 0.1) is 13.2 Å². The molecular weight excluding hydrogens is 408 g/mol. The number of aliphatic hydroxyl groups is 1. The molecule has 9 atom stereocenters. The Morgan fingerprint density at radius 3 is 2.24 bits per heavy atom. The average Bonchev–Trinajstić information content (AvgIpc) is 3.34. The number of hydrogen-bond acceptors (Lipinski definition) is 3. The SMILES string of the molecule is CC(C)CCC[C@@H](C)[C@H]1CC[C@H]2[C@@H]3CC[C@H]4CC5(OCCO5)[C@](C)(O)C[C@]4(C)[C@H]3CC[C@]12C. The molecule has 0 aromatic rings. The van der Waals surface area contributed by atoms with E-state index < -0.39 is 11.4 Å². The molecular formula is C30H52O3. The lowest BCUT2D eigenvalue weighted by Crippen LogP contribution is -2.65. The van der Waals surface area contributed by atoms with Crippen LogP contribution in [0.3, 0.4) is 0 Å². The minimum atomic E-state index is -0.888. The average molecular weight is 461 g/mol. The lowest BCUT2D eigenvalue weighted by Gasteiger charge is -2.64. The van der Waals surface area contributed by atoms with E-state index in [0.29, 0.717) is 24.5 Å². The molecule has 1 saturated heterocycles. The zero-order chi connectivity index (χ0) is 23.6. The summed E-state index contributed by atoms with van der Waals surface area (Å²) in [7, 11) is 0. The minimum absolute atomic E-state index is 0.218. The van der Waals surface area contributed by atoms with Gasteiger partial charge in [-0.3, -0.25) is 0 Å². The molecule has 5 rings (SSSR count). The second-order valence-corrected chi connectivity index (χ2v) is 14.3. The third kappa shape index (κ3) is 3.77. The van der Waals surface area contributed by atoms with E-state index in [1.165, 1.54) is 57.8 Å². The van der Waals surface area contributed by atoms with Crippen LogP contribution in [0, 0.1) is 52.3 Å². The van der Waals surface area contributed by atoms with E-state index in [0.717, 1.165) is 48.3 Å². The smallest absolute Gasteiger partial charge is 0.197 e. The summed E-state index contributed by atoms with van der Waals surface area (Å²) in [6.07, 6.45) is 14.3. The molecule has 0 radical (unpaired) electrons.